The van der Waals surface area contributed by atoms with Gasteiger partial charge in [-0.1, -0.05) is 19.4 Å². The minimum absolute atomic E-state index is 0.119. The molecule has 0 spiro atoms. The van der Waals surface area contributed by atoms with E-state index < -0.39 is 6.04 Å². The number of rotatable bonds is 6. The summed E-state index contributed by atoms with van der Waals surface area (Å²) >= 11 is 0. The van der Waals surface area contributed by atoms with E-state index in [4.69, 9.17) is 5.73 Å². The van der Waals surface area contributed by atoms with E-state index in [2.05, 4.69) is 15.3 Å². The van der Waals surface area contributed by atoms with Crippen LogP contribution in [0.1, 0.15) is 31.2 Å². The van der Waals surface area contributed by atoms with Gasteiger partial charge in [-0.2, -0.15) is 0 Å². The van der Waals surface area contributed by atoms with Gasteiger partial charge in [-0.3, -0.25) is 9.36 Å². The predicted molar refractivity (Wildman–Crippen MR) is 80.8 cm³/mol. The molecular weight excluding hydrogens is 266 g/mol. The van der Waals surface area contributed by atoms with Crippen LogP contribution in [0.15, 0.2) is 30.7 Å². The van der Waals surface area contributed by atoms with Crippen LogP contribution in [0.2, 0.25) is 0 Å². The molecule has 0 bridgehead atoms. The van der Waals surface area contributed by atoms with Gasteiger partial charge in [-0.15, -0.1) is 0 Å². The predicted octanol–water partition coefficient (Wildman–Crippen LogP) is 1.32. The maximum absolute atomic E-state index is 11.7. The van der Waals surface area contributed by atoms with Gasteiger partial charge in [0.2, 0.25) is 5.91 Å². The summed E-state index contributed by atoms with van der Waals surface area (Å²) in [4.78, 5) is 20.3. The number of aromatic nitrogens is 3. The van der Waals surface area contributed by atoms with Crippen LogP contribution in [0.4, 0.5) is 0 Å². The standard InChI is InChI=1S/C15H21N5O/c1-3-4-13(16)15(21)19-10-12-5-6-14(18-9-12)20-8-7-17-11(20)2/h5-9,13H,3-4,10,16H2,1-2H3,(H,19,21). The van der Waals surface area contributed by atoms with Crippen molar-refractivity contribution in [1.29, 1.82) is 0 Å². The average Bonchev–Trinajstić information content (AvgIpc) is 2.91. The normalized spacial score (nSPS) is 12.1. The van der Waals surface area contributed by atoms with Crippen molar-refractivity contribution in [2.75, 3.05) is 0 Å². The topological polar surface area (TPSA) is 85.8 Å². The molecule has 3 N–H and O–H groups in total. The molecule has 0 aromatic carbocycles. The Hall–Kier alpha value is -2.21. The molecule has 0 radical (unpaired) electrons. The van der Waals surface area contributed by atoms with Gasteiger partial charge in [-0.25, -0.2) is 9.97 Å². The van der Waals surface area contributed by atoms with Gasteiger partial charge < -0.3 is 11.1 Å². The van der Waals surface area contributed by atoms with Gasteiger partial charge in [0.15, 0.2) is 0 Å². The summed E-state index contributed by atoms with van der Waals surface area (Å²) in [5.74, 6) is 1.57. The van der Waals surface area contributed by atoms with Crippen LogP contribution in [0.3, 0.4) is 0 Å². The van der Waals surface area contributed by atoms with Crippen molar-refractivity contribution in [2.45, 2.75) is 39.3 Å². The van der Waals surface area contributed by atoms with Crippen LogP contribution in [-0.2, 0) is 11.3 Å². The van der Waals surface area contributed by atoms with Crippen LogP contribution in [0, 0.1) is 6.92 Å². The molecule has 2 heterocycles. The van der Waals surface area contributed by atoms with Crippen LogP contribution < -0.4 is 11.1 Å². The number of amides is 1. The number of pyridine rings is 1. The van der Waals surface area contributed by atoms with E-state index in [0.717, 1.165) is 23.6 Å². The molecule has 1 unspecified atom stereocenters. The first kappa shape index (κ1) is 15.2. The summed E-state index contributed by atoms with van der Waals surface area (Å²) in [5, 5.41) is 2.83. The fourth-order valence-electron chi connectivity index (χ4n) is 2.05. The summed E-state index contributed by atoms with van der Waals surface area (Å²) < 4.78 is 1.90. The number of nitrogens with zero attached hydrogens (tertiary/aromatic N) is 3. The van der Waals surface area contributed by atoms with Gasteiger partial charge in [0.25, 0.3) is 0 Å². The number of carbonyl (C=O) groups is 1. The Morgan fingerprint density at radius 1 is 1.43 bits per heavy atom. The summed E-state index contributed by atoms with van der Waals surface area (Å²) in [6.07, 6.45) is 6.95. The molecule has 0 fully saturated rings. The zero-order chi connectivity index (χ0) is 15.2. The number of imidazole rings is 1. The summed E-state index contributed by atoms with van der Waals surface area (Å²) in [6.45, 7) is 4.37. The Morgan fingerprint density at radius 2 is 2.24 bits per heavy atom. The second kappa shape index (κ2) is 6.99. The lowest BCUT2D eigenvalue weighted by Gasteiger charge is -2.11. The Balaban J connectivity index is 1.94. The van der Waals surface area contributed by atoms with Crippen molar-refractivity contribution in [3.63, 3.8) is 0 Å². The zero-order valence-electron chi connectivity index (χ0n) is 12.4. The Morgan fingerprint density at radius 3 is 2.81 bits per heavy atom. The molecule has 21 heavy (non-hydrogen) atoms. The highest BCUT2D eigenvalue weighted by atomic mass is 16.2. The van der Waals surface area contributed by atoms with Gasteiger partial charge in [0.1, 0.15) is 11.6 Å². The first-order valence-electron chi connectivity index (χ1n) is 7.10. The fraction of sp³-hybridized carbons (Fsp3) is 0.400. The van der Waals surface area contributed by atoms with E-state index in [1.807, 2.05) is 36.7 Å². The van der Waals surface area contributed by atoms with Crippen molar-refractivity contribution in [3.05, 3.63) is 42.1 Å². The van der Waals surface area contributed by atoms with Crippen LogP contribution >= 0.6 is 0 Å². The number of aryl methyl sites for hydroxylation is 1. The Labute approximate surface area is 124 Å². The van der Waals surface area contributed by atoms with Crippen molar-refractivity contribution >= 4 is 5.91 Å². The van der Waals surface area contributed by atoms with Gasteiger partial charge >= 0.3 is 0 Å². The number of nitrogens with one attached hydrogen (secondary N) is 1. The molecule has 1 atom stereocenters. The van der Waals surface area contributed by atoms with Crippen LogP contribution in [0.25, 0.3) is 5.82 Å². The molecule has 0 aliphatic heterocycles. The molecule has 2 rings (SSSR count). The zero-order valence-corrected chi connectivity index (χ0v) is 12.4. The third kappa shape index (κ3) is 3.88. The molecule has 6 heteroatoms. The first-order chi connectivity index (χ1) is 10.1. The average molecular weight is 287 g/mol. The second-order valence-corrected chi connectivity index (χ2v) is 4.98. The lowest BCUT2D eigenvalue weighted by atomic mass is 10.1. The fourth-order valence-corrected chi connectivity index (χ4v) is 2.05. The van der Waals surface area contributed by atoms with E-state index in [1.165, 1.54) is 0 Å². The summed E-state index contributed by atoms with van der Waals surface area (Å²) in [7, 11) is 0. The summed E-state index contributed by atoms with van der Waals surface area (Å²) in [6, 6.07) is 3.41. The SMILES string of the molecule is CCCC(N)C(=O)NCc1ccc(-n2ccnc2C)nc1. The van der Waals surface area contributed by atoms with E-state index >= 15 is 0 Å². The minimum atomic E-state index is -0.434. The van der Waals surface area contributed by atoms with E-state index in [1.54, 1.807) is 12.4 Å². The highest BCUT2D eigenvalue weighted by molar-refractivity contribution is 5.81. The quantitative estimate of drug-likeness (QED) is 0.839. The molecule has 2 aromatic rings. The van der Waals surface area contributed by atoms with Crippen molar-refractivity contribution in [3.8, 4) is 5.82 Å². The largest absolute Gasteiger partial charge is 0.351 e. The molecule has 0 aliphatic carbocycles. The highest BCUT2D eigenvalue weighted by Crippen LogP contribution is 2.08. The Kier molecular flexibility index (Phi) is 5.05. The lowest BCUT2D eigenvalue weighted by molar-refractivity contribution is -0.122. The maximum Gasteiger partial charge on any atom is 0.237 e. The maximum atomic E-state index is 11.7. The Bertz CT molecular complexity index is 590. The molecule has 112 valence electrons. The van der Waals surface area contributed by atoms with Crippen LogP contribution in [0.5, 0.6) is 0 Å². The van der Waals surface area contributed by atoms with Gasteiger partial charge in [0, 0.05) is 25.1 Å². The molecule has 0 aliphatic rings. The lowest BCUT2D eigenvalue weighted by Crippen LogP contribution is -2.40. The number of hydrogen-bond acceptors (Lipinski definition) is 4. The smallest absolute Gasteiger partial charge is 0.237 e. The molecule has 0 saturated heterocycles. The van der Waals surface area contributed by atoms with Crippen LogP contribution in [-0.4, -0.2) is 26.5 Å². The number of carbonyl (C=O) groups excluding carboxylic acids is 1. The highest BCUT2D eigenvalue weighted by Gasteiger charge is 2.11. The number of hydrogen-bond donors (Lipinski definition) is 2. The molecule has 2 aromatic heterocycles. The number of nitrogens with two attached hydrogens (primary N) is 1. The molecule has 6 nitrogen and oxygen atoms in total. The second-order valence-electron chi connectivity index (χ2n) is 4.98. The molecular formula is C15H21N5O. The van der Waals surface area contributed by atoms with Gasteiger partial charge in [0.05, 0.1) is 6.04 Å². The van der Waals surface area contributed by atoms with E-state index in [-0.39, 0.29) is 5.91 Å². The molecule has 1 amide bonds. The van der Waals surface area contributed by atoms with Crippen molar-refractivity contribution in [1.82, 2.24) is 19.9 Å². The summed E-state index contributed by atoms with van der Waals surface area (Å²) in [5.41, 5.74) is 6.70. The third-order valence-electron chi connectivity index (χ3n) is 3.28. The van der Waals surface area contributed by atoms with Crippen molar-refractivity contribution in [2.24, 2.45) is 5.73 Å². The first-order valence-corrected chi connectivity index (χ1v) is 7.10. The minimum Gasteiger partial charge on any atom is -0.351 e. The van der Waals surface area contributed by atoms with Gasteiger partial charge in [-0.05, 0) is 25.0 Å². The molecule has 0 saturated carbocycles. The monoisotopic (exact) mass is 287 g/mol. The third-order valence-corrected chi connectivity index (χ3v) is 3.28. The van der Waals surface area contributed by atoms with E-state index in [0.29, 0.717) is 13.0 Å². The van der Waals surface area contributed by atoms with Crippen molar-refractivity contribution < 1.29 is 4.79 Å². The van der Waals surface area contributed by atoms with E-state index in [9.17, 15) is 4.79 Å².